The minimum absolute atomic E-state index is 0.747. The lowest BCUT2D eigenvalue weighted by Gasteiger charge is -2.09. The molecule has 0 aliphatic carbocycles. The fourth-order valence-corrected chi connectivity index (χ4v) is 2.40. The first-order valence-electron chi connectivity index (χ1n) is 6.61. The Labute approximate surface area is 118 Å². The third kappa shape index (κ3) is 2.18. The zero-order valence-electron chi connectivity index (χ0n) is 11.5. The van der Waals surface area contributed by atoms with Gasteiger partial charge in [0.1, 0.15) is 5.82 Å². The van der Waals surface area contributed by atoms with Crippen LogP contribution in [-0.2, 0) is 6.54 Å². The number of nitrogens with two attached hydrogens (primary N) is 1. The molecule has 3 heteroatoms. The molecule has 0 spiro atoms. The molecule has 2 N–H and O–H groups in total. The van der Waals surface area contributed by atoms with Crippen molar-refractivity contribution in [2.24, 2.45) is 0 Å². The van der Waals surface area contributed by atoms with Gasteiger partial charge in [-0.15, -0.1) is 0 Å². The van der Waals surface area contributed by atoms with Gasteiger partial charge < -0.3 is 10.3 Å². The Morgan fingerprint density at radius 3 is 2.75 bits per heavy atom. The Morgan fingerprint density at radius 1 is 1.20 bits per heavy atom. The molecule has 0 atom stereocenters. The predicted molar refractivity (Wildman–Crippen MR) is 84.4 cm³/mol. The van der Waals surface area contributed by atoms with Gasteiger partial charge in [0.05, 0.1) is 11.0 Å². The molecule has 20 heavy (non-hydrogen) atoms. The number of nitrogens with zero attached hydrogens (tertiary/aromatic N) is 2. The van der Waals surface area contributed by atoms with Crippen LogP contribution in [-0.4, -0.2) is 9.55 Å². The van der Waals surface area contributed by atoms with Crippen molar-refractivity contribution >= 4 is 16.7 Å². The second-order valence-electron chi connectivity index (χ2n) is 5.09. The van der Waals surface area contributed by atoms with E-state index >= 15 is 0 Å². The van der Waals surface area contributed by atoms with E-state index in [0.717, 1.165) is 40.2 Å². The van der Waals surface area contributed by atoms with Gasteiger partial charge in [0.2, 0.25) is 0 Å². The van der Waals surface area contributed by atoms with Gasteiger partial charge in [-0.2, -0.15) is 0 Å². The first-order chi connectivity index (χ1) is 9.65. The molecule has 0 bridgehead atoms. The molecule has 0 radical (unpaired) electrons. The maximum atomic E-state index is 5.89. The Balaban J connectivity index is 2.26. The van der Waals surface area contributed by atoms with Gasteiger partial charge in [0.15, 0.2) is 0 Å². The van der Waals surface area contributed by atoms with Gasteiger partial charge >= 0.3 is 0 Å². The molecule has 0 saturated carbocycles. The van der Waals surface area contributed by atoms with Crippen molar-refractivity contribution < 1.29 is 0 Å². The quantitative estimate of drug-likeness (QED) is 0.576. The third-order valence-electron chi connectivity index (χ3n) is 3.23. The average molecular weight is 263 g/mol. The normalized spacial score (nSPS) is 10.8. The van der Waals surface area contributed by atoms with Crippen molar-refractivity contribution in [3.05, 3.63) is 60.7 Å². The predicted octanol–water partition coefficient (Wildman–Crippen LogP) is 3.86. The van der Waals surface area contributed by atoms with Gasteiger partial charge in [-0.05, 0) is 31.2 Å². The van der Waals surface area contributed by atoms with Crippen molar-refractivity contribution in [1.82, 2.24) is 9.55 Å². The lowest BCUT2D eigenvalue weighted by atomic mass is 10.2. The number of allylic oxidation sites excluding steroid dienone is 1. The summed E-state index contributed by atoms with van der Waals surface area (Å²) in [5.74, 6) is 0.932. The summed E-state index contributed by atoms with van der Waals surface area (Å²) in [7, 11) is 0. The summed E-state index contributed by atoms with van der Waals surface area (Å²) in [6.07, 6.45) is 0. The minimum atomic E-state index is 0.747. The second-order valence-corrected chi connectivity index (χ2v) is 5.09. The van der Waals surface area contributed by atoms with Gasteiger partial charge in [-0.25, -0.2) is 4.98 Å². The van der Waals surface area contributed by atoms with Crippen molar-refractivity contribution in [3.63, 3.8) is 0 Å². The Bertz CT molecular complexity index is 784. The van der Waals surface area contributed by atoms with Crippen LogP contribution in [0.5, 0.6) is 0 Å². The molecule has 0 aliphatic heterocycles. The molecule has 0 saturated heterocycles. The monoisotopic (exact) mass is 263 g/mol. The van der Waals surface area contributed by atoms with Gasteiger partial charge in [0, 0.05) is 17.8 Å². The fraction of sp³-hybridized carbons (Fsp3) is 0.118. The molecule has 1 heterocycles. The molecular weight excluding hydrogens is 246 g/mol. The molecule has 2 aromatic carbocycles. The van der Waals surface area contributed by atoms with E-state index in [1.54, 1.807) is 0 Å². The molecular formula is C17H17N3. The topological polar surface area (TPSA) is 43.8 Å². The van der Waals surface area contributed by atoms with Crippen LogP contribution >= 0.6 is 0 Å². The molecule has 0 fully saturated rings. The van der Waals surface area contributed by atoms with Gasteiger partial charge in [0.25, 0.3) is 0 Å². The molecule has 0 aliphatic rings. The SMILES string of the molecule is C=C(C)Cn1c(-c2cccc(N)c2)nc2ccccc21. The molecule has 1 aromatic heterocycles. The maximum absolute atomic E-state index is 5.89. The van der Waals surface area contributed by atoms with E-state index in [4.69, 9.17) is 10.7 Å². The summed E-state index contributed by atoms with van der Waals surface area (Å²) < 4.78 is 2.19. The van der Waals surface area contributed by atoms with Gasteiger partial charge in [-0.3, -0.25) is 0 Å². The maximum Gasteiger partial charge on any atom is 0.141 e. The number of para-hydroxylation sites is 2. The highest BCUT2D eigenvalue weighted by Gasteiger charge is 2.12. The second kappa shape index (κ2) is 4.85. The molecule has 100 valence electrons. The number of imidazole rings is 1. The standard InChI is InChI=1S/C17H17N3/c1-12(2)11-20-16-9-4-3-8-15(16)19-17(20)13-6-5-7-14(18)10-13/h3-10H,1,11,18H2,2H3. The zero-order valence-corrected chi connectivity index (χ0v) is 11.5. The molecule has 3 nitrogen and oxygen atoms in total. The van der Waals surface area contributed by atoms with Crippen molar-refractivity contribution in [3.8, 4) is 11.4 Å². The summed E-state index contributed by atoms with van der Waals surface area (Å²) in [6.45, 7) is 6.80. The summed E-state index contributed by atoms with van der Waals surface area (Å²) >= 11 is 0. The fourth-order valence-electron chi connectivity index (χ4n) is 2.40. The zero-order chi connectivity index (χ0) is 14.1. The van der Waals surface area contributed by atoms with Crippen molar-refractivity contribution in [2.45, 2.75) is 13.5 Å². The lowest BCUT2D eigenvalue weighted by Crippen LogP contribution is -2.01. The largest absolute Gasteiger partial charge is 0.399 e. The first-order valence-corrected chi connectivity index (χ1v) is 6.61. The summed E-state index contributed by atoms with van der Waals surface area (Å²) in [5, 5.41) is 0. The number of nitrogen functional groups attached to an aromatic ring is 1. The number of benzene rings is 2. The number of aromatic nitrogens is 2. The van der Waals surface area contributed by atoms with E-state index in [-0.39, 0.29) is 0 Å². The number of hydrogen-bond donors (Lipinski definition) is 1. The van der Waals surface area contributed by atoms with Crippen LogP contribution < -0.4 is 5.73 Å². The van der Waals surface area contributed by atoms with E-state index in [1.807, 2.05) is 49.4 Å². The highest BCUT2D eigenvalue weighted by Crippen LogP contribution is 2.26. The minimum Gasteiger partial charge on any atom is -0.399 e. The van der Waals surface area contributed by atoms with E-state index < -0.39 is 0 Å². The van der Waals surface area contributed by atoms with Crippen LogP contribution in [0, 0.1) is 0 Å². The van der Waals surface area contributed by atoms with Crippen LogP contribution in [0.4, 0.5) is 5.69 Å². The number of hydrogen-bond acceptors (Lipinski definition) is 2. The Hall–Kier alpha value is -2.55. The van der Waals surface area contributed by atoms with Crippen LogP contribution in [0.1, 0.15) is 6.92 Å². The Morgan fingerprint density at radius 2 is 2.00 bits per heavy atom. The van der Waals surface area contributed by atoms with Crippen LogP contribution in [0.3, 0.4) is 0 Å². The number of rotatable bonds is 3. The van der Waals surface area contributed by atoms with Crippen LogP contribution in [0.15, 0.2) is 60.7 Å². The lowest BCUT2D eigenvalue weighted by molar-refractivity contribution is 0.820. The molecule has 3 aromatic rings. The number of anilines is 1. The van der Waals surface area contributed by atoms with E-state index in [1.165, 1.54) is 0 Å². The molecule has 0 unspecified atom stereocenters. The summed E-state index contributed by atoms with van der Waals surface area (Å²) in [5.41, 5.74) is 10.9. The summed E-state index contributed by atoms with van der Waals surface area (Å²) in [6, 6.07) is 16.0. The van der Waals surface area contributed by atoms with Crippen molar-refractivity contribution in [1.29, 1.82) is 0 Å². The average Bonchev–Trinajstić information content (AvgIpc) is 2.77. The highest BCUT2D eigenvalue weighted by atomic mass is 15.1. The van der Waals surface area contributed by atoms with Gasteiger partial charge in [-0.1, -0.05) is 36.4 Å². The van der Waals surface area contributed by atoms with Crippen LogP contribution in [0.2, 0.25) is 0 Å². The molecule has 0 amide bonds. The third-order valence-corrected chi connectivity index (χ3v) is 3.23. The smallest absolute Gasteiger partial charge is 0.141 e. The summed E-state index contributed by atoms with van der Waals surface area (Å²) in [4.78, 5) is 4.74. The Kier molecular flexibility index (Phi) is 3.03. The van der Waals surface area contributed by atoms with Crippen LogP contribution in [0.25, 0.3) is 22.4 Å². The highest BCUT2D eigenvalue weighted by molar-refractivity contribution is 5.81. The van der Waals surface area contributed by atoms with E-state index in [2.05, 4.69) is 17.2 Å². The van der Waals surface area contributed by atoms with E-state index in [9.17, 15) is 0 Å². The number of fused-ring (bicyclic) bond motifs is 1. The van der Waals surface area contributed by atoms with Crippen molar-refractivity contribution in [2.75, 3.05) is 5.73 Å². The van der Waals surface area contributed by atoms with E-state index in [0.29, 0.717) is 0 Å². The first kappa shape index (κ1) is 12.5. The molecule has 3 rings (SSSR count).